The van der Waals surface area contributed by atoms with Crippen molar-refractivity contribution in [2.24, 2.45) is 0 Å². The van der Waals surface area contributed by atoms with Crippen LogP contribution >= 0.6 is 0 Å². The summed E-state index contributed by atoms with van der Waals surface area (Å²) in [5, 5.41) is 5.36. The lowest BCUT2D eigenvalue weighted by Crippen LogP contribution is -2.42. The Morgan fingerprint density at radius 2 is 1.82 bits per heavy atom. The van der Waals surface area contributed by atoms with Gasteiger partial charge in [0.25, 0.3) is 5.91 Å². The maximum atomic E-state index is 12.8. The van der Waals surface area contributed by atoms with E-state index in [9.17, 15) is 14.4 Å². The first-order chi connectivity index (χ1) is 13.5. The van der Waals surface area contributed by atoms with E-state index in [1.54, 1.807) is 49.4 Å². The first-order valence-electron chi connectivity index (χ1n) is 8.86. The van der Waals surface area contributed by atoms with E-state index in [-0.39, 0.29) is 6.54 Å². The predicted molar refractivity (Wildman–Crippen MR) is 100 cm³/mol. The van der Waals surface area contributed by atoms with Crippen molar-refractivity contribution in [1.82, 2.24) is 10.2 Å². The Balaban J connectivity index is 1.46. The number of rotatable bonds is 4. The Morgan fingerprint density at radius 3 is 2.57 bits per heavy atom. The Kier molecular flexibility index (Phi) is 4.38. The zero-order valence-electron chi connectivity index (χ0n) is 15.2. The van der Waals surface area contributed by atoms with Crippen molar-refractivity contribution in [2.75, 3.05) is 25.1 Å². The van der Waals surface area contributed by atoms with Crippen LogP contribution in [0.25, 0.3) is 0 Å². The number of urea groups is 1. The minimum absolute atomic E-state index is 0.387. The lowest BCUT2D eigenvalue weighted by Gasteiger charge is -2.22. The summed E-state index contributed by atoms with van der Waals surface area (Å²) in [4.78, 5) is 38.5. The lowest BCUT2D eigenvalue weighted by molar-refractivity contribution is -0.133. The normalized spacial score (nSPS) is 20.7. The second-order valence-electron chi connectivity index (χ2n) is 6.72. The van der Waals surface area contributed by atoms with Crippen molar-refractivity contribution < 1.29 is 23.9 Å². The van der Waals surface area contributed by atoms with Crippen LogP contribution in [0, 0.1) is 0 Å². The third-order valence-electron chi connectivity index (χ3n) is 4.75. The second kappa shape index (κ2) is 6.88. The van der Waals surface area contributed by atoms with Crippen molar-refractivity contribution >= 4 is 23.5 Å². The van der Waals surface area contributed by atoms with Crippen molar-refractivity contribution in [3.63, 3.8) is 0 Å². The average molecular weight is 381 g/mol. The van der Waals surface area contributed by atoms with Crippen LogP contribution in [0.5, 0.6) is 11.5 Å². The number of amides is 4. The average Bonchev–Trinajstić information content (AvgIpc) is 2.92. The van der Waals surface area contributed by atoms with Crippen molar-refractivity contribution in [1.29, 1.82) is 0 Å². The molecule has 2 aliphatic rings. The van der Waals surface area contributed by atoms with Gasteiger partial charge in [0.05, 0.1) is 0 Å². The largest absolute Gasteiger partial charge is 0.486 e. The Morgan fingerprint density at radius 1 is 1.11 bits per heavy atom. The molecule has 144 valence electrons. The summed E-state index contributed by atoms with van der Waals surface area (Å²) in [6.45, 7) is 2.15. The highest BCUT2D eigenvalue weighted by Gasteiger charge is 2.49. The van der Waals surface area contributed by atoms with Gasteiger partial charge in [0.1, 0.15) is 25.3 Å². The highest BCUT2D eigenvalue weighted by Crippen LogP contribution is 2.33. The van der Waals surface area contributed by atoms with Crippen LogP contribution in [0.15, 0.2) is 48.5 Å². The molecular formula is C20H19N3O5. The molecule has 1 fully saturated rings. The fraction of sp³-hybridized carbons (Fsp3) is 0.250. The van der Waals surface area contributed by atoms with E-state index in [1.807, 2.05) is 6.07 Å². The number of carbonyl (C=O) groups is 3. The van der Waals surface area contributed by atoms with Crippen LogP contribution in [0.2, 0.25) is 0 Å². The molecule has 28 heavy (non-hydrogen) atoms. The summed E-state index contributed by atoms with van der Waals surface area (Å²) < 4.78 is 10.9. The third-order valence-corrected chi connectivity index (χ3v) is 4.75. The molecule has 2 heterocycles. The van der Waals surface area contributed by atoms with Gasteiger partial charge in [-0.05, 0) is 24.6 Å². The van der Waals surface area contributed by atoms with Gasteiger partial charge in [-0.15, -0.1) is 0 Å². The number of hydrogen-bond donors (Lipinski definition) is 2. The molecule has 4 rings (SSSR count). The summed E-state index contributed by atoms with van der Waals surface area (Å²) in [6.07, 6.45) is 0. The number of nitrogens with one attached hydrogen (secondary N) is 2. The Bertz CT molecular complexity index is 946. The number of hydrogen-bond acceptors (Lipinski definition) is 5. The standard InChI is InChI=1S/C20H19N3O5/c1-20(13-5-3-2-4-6-13)18(25)23(19(26)22-20)12-17(24)21-14-7-8-15-16(11-14)28-10-9-27-15/h2-8,11H,9-10,12H2,1H3,(H,21,24)(H,22,26). The monoisotopic (exact) mass is 381 g/mol. The molecule has 8 nitrogen and oxygen atoms in total. The summed E-state index contributed by atoms with van der Waals surface area (Å²) in [7, 11) is 0. The van der Waals surface area contributed by atoms with Gasteiger partial charge in [-0.2, -0.15) is 0 Å². The first-order valence-corrected chi connectivity index (χ1v) is 8.86. The van der Waals surface area contributed by atoms with Crippen LogP contribution in [0.3, 0.4) is 0 Å². The number of benzene rings is 2. The molecule has 0 radical (unpaired) electrons. The first kappa shape index (κ1) is 17.8. The van der Waals surface area contributed by atoms with Crippen LogP contribution in [-0.4, -0.2) is 42.5 Å². The SMILES string of the molecule is CC1(c2ccccc2)NC(=O)N(CC(=O)Nc2ccc3c(c2)OCCO3)C1=O. The van der Waals surface area contributed by atoms with Crippen molar-refractivity contribution in [3.05, 3.63) is 54.1 Å². The molecule has 0 aliphatic carbocycles. The zero-order valence-corrected chi connectivity index (χ0v) is 15.2. The molecule has 0 spiro atoms. The molecule has 1 atom stereocenters. The number of ether oxygens (including phenoxy) is 2. The number of carbonyl (C=O) groups excluding carboxylic acids is 3. The fourth-order valence-electron chi connectivity index (χ4n) is 3.27. The highest BCUT2D eigenvalue weighted by atomic mass is 16.6. The maximum absolute atomic E-state index is 12.8. The van der Waals surface area contributed by atoms with E-state index < -0.39 is 23.4 Å². The molecule has 2 aliphatic heterocycles. The molecule has 2 aromatic carbocycles. The van der Waals surface area contributed by atoms with Crippen LogP contribution in [-0.2, 0) is 15.1 Å². The molecular weight excluding hydrogens is 362 g/mol. The molecule has 2 aromatic rings. The molecule has 0 saturated carbocycles. The molecule has 1 saturated heterocycles. The third kappa shape index (κ3) is 3.13. The van der Waals surface area contributed by atoms with Gasteiger partial charge in [0, 0.05) is 11.8 Å². The van der Waals surface area contributed by atoms with Crippen LogP contribution in [0.4, 0.5) is 10.5 Å². The van der Waals surface area contributed by atoms with Gasteiger partial charge in [-0.3, -0.25) is 14.5 Å². The molecule has 2 N–H and O–H groups in total. The quantitative estimate of drug-likeness (QED) is 0.788. The summed E-state index contributed by atoms with van der Waals surface area (Å²) in [6, 6.07) is 13.3. The topological polar surface area (TPSA) is 97.0 Å². The number of imide groups is 1. The lowest BCUT2D eigenvalue weighted by atomic mass is 9.92. The summed E-state index contributed by atoms with van der Waals surface area (Å²) in [5.74, 6) is 0.186. The number of nitrogens with zero attached hydrogens (tertiary/aromatic N) is 1. The fourth-order valence-corrected chi connectivity index (χ4v) is 3.27. The number of fused-ring (bicyclic) bond motifs is 1. The highest BCUT2D eigenvalue weighted by molar-refractivity contribution is 6.10. The summed E-state index contributed by atoms with van der Waals surface area (Å²) in [5.41, 5.74) is -0.0504. The van der Waals surface area contributed by atoms with Gasteiger partial charge in [0.2, 0.25) is 5.91 Å². The Hall–Kier alpha value is -3.55. The van der Waals surface area contributed by atoms with E-state index in [1.165, 1.54) is 0 Å². The van der Waals surface area contributed by atoms with E-state index >= 15 is 0 Å². The van der Waals surface area contributed by atoms with E-state index in [2.05, 4.69) is 10.6 Å². The van der Waals surface area contributed by atoms with Crippen LogP contribution in [0.1, 0.15) is 12.5 Å². The van der Waals surface area contributed by atoms with Gasteiger partial charge < -0.3 is 20.1 Å². The Labute approximate surface area is 161 Å². The molecule has 8 heteroatoms. The number of anilines is 1. The zero-order chi connectivity index (χ0) is 19.7. The van der Waals surface area contributed by atoms with E-state index in [4.69, 9.17) is 9.47 Å². The molecule has 0 aromatic heterocycles. The molecule has 1 unspecified atom stereocenters. The van der Waals surface area contributed by atoms with Gasteiger partial charge in [-0.1, -0.05) is 30.3 Å². The minimum atomic E-state index is -1.20. The summed E-state index contributed by atoms with van der Waals surface area (Å²) >= 11 is 0. The van der Waals surface area contributed by atoms with E-state index in [0.29, 0.717) is 36.0 Å². The molecule has 0 bridgehead atoms. The van der Waals surface area contributed by atoms with Gasteiger partial charge in [-0.25, -0.2) is 4.79 Å². The second-order valence-corrected chi connectivity index (χ2v) is 6.72. The van der Waals surface area contributed by atoms with E-state index in [0.717, 1.165) is 4.90 Å². The molecule has 4 amide bonds. The maximum Gasteiger partial charge on any atom is 0.325 e. The smallest absolute Gasteiger partial charge is 0.325 e. The van der Waals surface area contributed by atoms with Gasteiger partial charge >= 0.3 is 6.03 Å². The minimum Gasteiger partial charge on any atom is -0.486 e. The van der Waals surface area contributed by atoms with Crippen LogP contribution < -0.4 is 20.1 Å². The van der Waals surface area contributed by atoms with Crippen molar-refractivity contribution in [3.8, 4) is 11.5 Å². The van der Waals surface area contributed by atoms with Gasteiger partial charge in [0.15, 0.2) is 11.5 Å². The predicted octanol–water partition coefficient (Wildman–Crippen LogP) is 1.86. The van der Waals surface area contributed by atoms with Crippen molar-refractivity contribution in [2.45, 2.75) is 12.5 Å².